The van der Waals surface area contributed by atoms with Crippen molar-refractivity contribution in [2.75, 3.05) is 5.32 Å². The number of nitrogens with one attached hydrogen (secondary N) is 1. The summed E-state index contributed by atoms with van der Waals surface area (Å²) in [6, 6.07) is 22.9. The second-order valence-electron chi connectivity index (χ2n) is 7.00. The molecule has 160 valence electrons. The maximum Gasteiger partial charge on any atom is 0.335 e. The van der Waals surface area contributed by atoms with Crippen LogP contribution in [0.1, 0.15) is 34.0 Å². The summed E-state index contributed by atoms with van der Waals surface area (Å²) in [5, 5.41) is 21.3. The van der Waals surface area contributed by atoms with Gasteiger partial charge < -0.3 is 15.2 Å². The number of aryl methyl sites for hydroxylation is 1. The standard InChI is InChI=1S/C26H22N2O4/c1-2-20-7-3-4-9-24(20)28-25(29)22(16-27)14-18-10-12-23(13-11-18)32-17-19-6-5-8-21(15-19)26(30)31/h3-15H,2,17H2,1H3,(H,28,29)(H,30,31)/b22-14+. The number of nitriles is 1. The van der Waals surface area contributed by atoms with Gasteiger partial charge in [-0.05, 0) is 59.5 Å². The molecule has 6 heteroatoms. The summed E-state index contributed by atoms with van der Waals surface area (Å²) in [7, 11) is 0. The number of carboxylic acids is 1. The van der Waals surface area contributed by atoms with E-state index in [1.54, 1.807) is 42.5 Å². The Morgan fingerprint density at radius 1 is 1.06 bits per heavy atom. The second-order valence-corrected chi connectivity index (χ2v) is 7.00. The third-order valence-electron chi connectivity index (χ3n) is 4.78. The maximum atomic E-state index is 12.5. The van der Waals surface area contributed by atoms with E-state index in [2.05, 4.69) is 5.32 Å². The fraction of sp³-hybridized carbons (Fsp3) is 0.115. The molecule has 0 atom stereocenters. The quantitative estimate of drug-likeness (QED) is 0.387. The monoisotopic (exact) mass is 426 g/mol. The second kappa shape index (κ2) is 10.6. The Morgan fingerprint density at radius 3 is 2.50 bits per heavy atom. The molecule has 0 heterocycles. The number of carboxylic acid groups (broad SMARTS) is 1. The van der Waals surface area contributed by atoms with Crippen molar-refractivity contribution in [3.63, 3.8) is 0 Å². The van der Waals surface area contributed by atoms with Crippen molar-refractivity contribution in [3.05, 3.63) is 101 Å². The van der Waals surface area contributed by atoms with E-state index in [4.69, 9.17) is 9.84 Å². The van der Waals surface area contributed by atoms with Crippen molar-refractivity contribution in [3.8, 4) is 11.8 Å². The zero-order valence-electron chi connectivity index (χ0n) is 17.5. The molecule has 0 aliphatic carbocycles. The molecule has 0 saturated carbocycles. The van der Waals surface area contributed by atoms with Crippen molar-refractivity contribution in [2.45, 2.75) is 20.0 Å². The number of hydrogen-bond acceptors (Lipinski definition) is 4. The van der Waals surface area contributed by atoms with Gasteiger partial charge in [0, 0.05) is 5.69 Å². The molecular weight excluding hydrogens is 404 g/mol. The van der Waals surface area contributed by atoms with Gasteiger partial charge in [0.1, 0.15) is 24.0 Å². The molecule has 0 bridgehead atoms. The number of ether oxygens (including phenoxy) is 1. The molecule has 0 unspecified atom stereocenters. The van der Waals surface area contributed by atoms with Gasteiger partial charge in [-0.3, -0.25) is 4.79 Å². The molecule has 32 heavy (non-hydrogen) atoms. The Hall–Kier alpha value is -4.37. The maximum absolute atomic E-state index is 12.5. The van der Waals surface area contributed by atoms with E-state index in [1.165, 1.54) is 12.1 Å². The number of benzene rings is 3. The SMILES string of the molecule is CCc1ccccc1NC(=O)/C(C#N)=C/c1ccc(OCc2cccc(C(=O)O)c2)cc1. The van der Waals surface area contributed by atoms with E-state index in [0.29, 0.717) is 17.0 Å². The zero-order chi connectivity index (χ0) is 22.9. The first-order valence-electron chi connectivity index (χ1n) is 10.1. The molecule has 2 N–H and O–H groups in total. The van der Waals surface area contributed by atoms with Crippen molar-refractivity contribution in [2.24, 2.45) is 0 Å². The van der Waals surface area contributed by atoms with Gasteiger partial charge in [0.2, 0.25) is 0 Å². The van der Waals surface area contributed by atoms with E-state index >= 15 is 0 Å². The smallest absolute Gasteiger partial charge is 0.335 e. The highest BCUT2D eigenvalue weighted by atomic mass is 16.5. The van der Waals surface area contributed by atoms with E-state index in [-0.39, 0.29) is 17.7 Å². The summed E-state index contributed by atoms with van der Waals surface area (Å²) < 4.78 is 5.71. The summed E-state index contributed by atoms with van der Waals surface area (Å²) in [5.74, 6) is -0.867. The van der Waals surface area contributed by atoms with Gasteiger partial charge in [-0.1, -0.05) is 49.4 Å². The molecule has 0 saturated heterocycles. The highest BCUT2D eigenvalue weighted by Gasteiger charge is 2.11. The largest absolute Gasteiger partial charge is 0.489 e. The third kappa shape index (κ3) is 5.83. The fourth-order valence-electron chi connectivity index (χ4n) is 3.08. The van der Waals surface area contributed by atoms with Gasteiger partial charge in [-0.15, -0.1) is 0 Å². The summed E-state index contributed by atoms with van der Waals surface area (Å²) in [5.41, 5.74) is 3.31. The van der Waals surface area contributed by atoms with E-state index in [9.17, 15) is 14.9 Å². The minimum absolute atomic E-state index is 0.00457. The van der Waals surface area contributed by atoms with Gasteiger partial charge in [-0.2, -0.15) is 5.26 Å². The Labute approximate surface area is 186 Å². The van der Waals surface area contributed by atoms with Crippen molar-refractivity contribution >= 4 is 23.6 Å². The van der Waals surface area contributed by atoms with Crippen LogP contribution in [0.2, 0.25) is 0 Å². The van der Waals surface area contributed by atoms with Crippen LogP contribution in [-0.2, 0) is 17.8 Å². The number of para-hydroxylation sites is 1. The van der Waals surface area contributed by atoms with E-state index in [1.807, 2.05) is 37.3 Å². The molecule has 0 aromatic heterocycles. The average molecular weight is 426 g/mol. The van der Waals surface area contributed by atoms with Crippen LogP contribution in [-0.4, -0.2) is 17.0 Å². The fourth-order valence-corrected chi connectivity index (χ4v) is 3.08. The Bertz CT molecular complexity index is 1190. The predicted octanol–water partition coefficient (Wildman–Crippen LogP) is 5.07. The first-order valence-corrected chi connectivity index (χ1v) is 10.1. The number of rotatable bonds is 8. The molecule has 0 radical (unpaired) electrons. The van der Waals surface area contributed by atoms with Gasteiger partial charge >= 0.3 is 5.97 Å². The molecule has 1 amide bonds. The lowest BCUT2D eigenvalue weighted by Crippen LogP contribution is -2.14. The highest BCUT2D eigenvalue weighted by molar-refractivity contribution is 6.10. The van der Waals surface area contributed by atoms with Crippen molar-refractivity contribution < 1.29 is 19.4 Å². The van der Waals surface area contributed by atoms with Crippen molar-refractivity contribution in [1.29, 1.82) is 5.26 Å². The van der Waals surface area contributed by atoms with Gasteiger partial charge in [0.25, 0.3) is 5.91 Å². The van der Waals surface area contributed by atoms with Crippen LogP contribution in [0, 0.1) is 11.3 Å². The van der Waals surface area contributed by atoms with Crippen LogP contribution >= 0.6 is 0 Å². The molecular formula is C26H22N2O4. The molecule has 0 aliphatic heterocycles. The van der Waals surface area contributed by atoms with E-state index < -0.39 is 11.9 Å². The predicted molar refractivity (Wildman–Crippen MR) is 122 cm³/mol. The average Bonchev–Trinajstić information content (AvgIpc) is 2.82. The van der Waals surface area contributed by atoms with E-state index in [0.717, 1.165) is 17.5 Å². The Morgan fingerprint density at radius 2 is 1.81 bits per heavy atom. The minimum Gasteiger partial charge on any atom is -0.489 e. The first-order chi connectivity index (χ1) is 15.5. The number of carbonyl (C=O) groups excluding carboxylic acids is 1. The third-order valence-corrected chi connectivity index (χ3v) is 4.78. The molecule has 0 spiro atoms. The van der Waals surface area contributed by atoms with Gasteiger partial charge in [-0.25, -0.2) is 4.79 Å². The van der Waals surface area contributed by atoms with Crippen LogP contribution in [0.3, 0.4) is 0 Å². The Kier molecular flexibility index (Phi) is 7.39. The number of hydrogen-bond donors (Lipinski definition) is 2. The molecule has 3 aromatic carbocycles. The summed E-state index contributed by atoms with van der Waals surface area (Å²) in [4.78, 5) is 23.6. The van der Waals surface area contributed by atoms with Crippen LogP contribution in [0.25, 0.3) is 6.08 Å². The normalized spacial score (nSPS) is 10.8. The molecule has 0 aliphatic rings. The van der Waals surface area contributed by atoms with Gasteiger partial charge in [0.05, 0.1) is 5.56 Å². The van der Waals surface area contributed by atoms with Crippen molar-refractivity contribution in [1.82, 2.24) is 0 Å². The number of nitrogens with zero attached hydrogens (tertiary/aromatic N) is 1. The highest BCUT2D eigenvalue weighted by Crippen LogP contribution is 2.19. The molecule has 3 aromatic rings. The van der Waals surface area contributed by atoms with Crippen LogP contribution < -0.4 is 10.1 Å². The topological polar surface area (TPSA) is 99.4 Å². The molecule has 6 nitrogen and oxygen atoms in total. The lowest BCUT2D eigenvalue weighted by Gasteiger charge is -2.09. The number of aromatic carboxylic acids is 1. The lowest BCUT2D eigenvalue weighted by atomic mass is 10.1. The molecule has 3 rings (SSSR count). The number of amides is 1. The first kappa shape index (κ1) is 22.3. The zero-order valence-corrected chi connectivity index (χ0v) is 17.5. The summed E-state index contributed by atoms with van der Waals surface area (Å²) >= 11 is 0. The van der Waals surface area contributed by atoms with Crippen LogP contribution in [0.4, 0.5) is 5.69 Å². The summed E-state index contributed by atoms with van der Waals surface area (Å²) in [6.45, 7) is 2.22. The lowest BCUT2D eigenvalue weighted by molar-refractivity contribution is -0.112. The van der Waals surface area contributed by atoms with Crippen LogP contribution in [0.15, 0.2) is 78.4 Å². The molecule has 0 fully saturated rings. The number of anilines is 1. The summed E-state index contributed by atoms with van der Waals surface area (Å²) in [6.07, 6.45) is 2.29. The van der Waals surface area contributed by atoms with Gasteiger partial charge in [0.15, 0.2) is 0 Å². The Balaban J connectivity index is 1.66. The van der Waals surface area contributed by atoms with Crippen LogP contribution in [0.5, 0.6) is 5.75 Å². The number of carbonyl (C=O) groups is 2. The minimum atomic E-state index is -0.987.